The maximum Gasteiger partial charge on any atom is 0.334 e. The molecule has 4 aromatic rings. The molecule has 0 bridgehead atoms. The fourth-order valence-electron chi connectivity index (χ4n) is 7.07. The number of allylic oxidation sites excluding steroid dienone is 1. The van der Waals surface area contributed by atoms with Gasteiger partial charge in [0.1, 0.15) is 58.1 Å². The molecule has 246 valence electrons. The number of esters is 1. The van der Waals surface area contributed by atoms with Crippen LogP contribution >= 0.6 is 0 Å². The minimum absolute atomic E-state index is 0.0149. The summed E-state index contributed by atoms with van der Waals surface area (Å²) in [6, 6.07) is 11.5. The zero-order valence-electron chi connectivity index (χ0n) is 26.8. The number of hydrogen-bond acceptors (Lipinski definition) is 10. The molecular weight excluding hydrogens is 600 g/mol. The number of carbonyl (C=O) groups is 1. The first-order chi connectivity index (χ1) is 22.5. The maximum atomic E-state index is 13.6. The number of rotatable bonds is 8. The van der Waals surface area contributed by atoms with E-state index in [-0.39, 0.29) is 52.1 Å². The Bertz CT molecular complexity index is 1920. The molecular formula is C37H40N2O8. The number of ether oxygens (including phenoxy) is 2. The number of nitrogens with zero attached hydrogens (tertiary/aromatic N) is 1. The molecule has 1 fully saturated rings. The topological polar surface area (TPSA) is 165 Å². The maximum absolute atomic E-state index is 13.6. The number of pyridine rings is 1. The van der Waals surface area contributed by atoms with Crippen LogP contribution in [0.1, 0.15) is 80.4 Å². The van der Waals surface area contributed by atoms with Crippen molar-refractivity contribution in [1.82, 2.24) is 4.98 Å². The first-order valence-electron chi connectivity index (χ1n) is 16.0. The molecule has 5 N–H and O–H groups in total. The number of carbonyl (C=O) groups excluding carboxylic acids is 1. The molecule has 1 saturated carbocycles. The number of aromatic nitrogens is 1. The van der Waals surface area contributed by atoms with E-state index in [1.54, 1.807) is 36.5 Å². The molecule has 10 nitrogen and oxygen atoms in total. The second-order valence-corrected chi connectivity index (χ2v) is 13.0. The smallest absolute Gasteiger partial charge is 0.334 e. The van der Waals surface area contributed by atoms with Crippen molar-refractivity contribution >= 4 is 22.8 Å². The van der Waals surface area contributed by atoms with Crippen LogP contribution in [-0.4, -0.2) is 38.0 Å². The van der Waals surface area contributed by atoms with Crippen molar-refractivity contribution in [2.75, 3.05) is 5.73 Å². The highest BCUT2D eigenvalue weighted by Gasteiger charge is 2.45. The molecule has 47 heavy (non-hydrogen) atoms. The van der Waals surface area contributed by atoms with Gasteiger partial charge in [-0.3, -0.25) is 4.79 Å². The molecule has 1 aliphatic carbocycles. The third-order valence-corrected chi connectivity index (χ3v) is 9.47. The largest absolute Gasteiger partial charge is 0.508 e. The van der Waals surface area contributed by atoms with E-state index in [9.17, 15) is 24.9 Å². The Balaban J connectivity index is 1.55. The normalized spacial score (nSPS) is 18.5. The SMILES string of the molecule is CC=C(C(=O)O[C@H]1Cc2c(c([C@H](Cc3cccc(O)c3)c3ccnc(N)c3)c3oc(CO)cc(=O)c3c2O)OC1(C)C)C1CCCC1. The summed E-state index contributed by atoms with van der Waals surface area (Å²) in [6.07, 6.45) is 6.99. The third-order valence-electron chi connectivity index (χ3n) is 9.47. The van der Waals surface area contributed by atoms with Crippen LogP contribution in [0.5, 0.6) is 17.2 Å². The number of aromatic hydroxyl groups is 2. The molecule has 0 unspecified atom stereocenters. The molecule has 2 aromatic carbocycles. The fourth-order valence-corrected chi connectivity index (χ4v) is 7.07. The standard InChI is InChI=1S/C37H40N2O8/c1-4-25(21-9-5-6-10-21)36(44)46-29-18-27-33(43)32-28(42)17-24(19-40)45-35(32)31(34(27)47-37(29,2)3)26(22-12-13-39-30(38)16-22)15-20-8-7-11-23(41)14-20/h4,7-8,11-14,16-17,21,26,29,40-41,43H,5-6,9-10,15,18-19H2,1-3H3,(H2,38,39)/t26-,29+/m1/s1. The number of phenols is 2. The first kappa shape index (κ1) is 32.1. The van der Waals surface area contributed by atoms with Gasteiger partial charge >= 0.3 is 5.97 Å². The number of fused-ring (bicyclic) bond motifs is 2. The van der Waals surface area contributed by atoms with Crippen LogP contribution in [-0.2, 0) is 29.0 Å². The van der Waals surface area contributed by atoms with Gasteiger partial charge in [-0.15, -0.1) is 0 Å². The van der Waals surface area contributed by atoms with E-state index in [2.05, 4.69) is 4.98 Å². The zero-order chi connectivity index (χ0) is 33.5. The Morgan fingerprint density at radius 2 is 1.94 bits per heavy atom. The number of benzene rings is 2. The molecule has 6 rings (SSSR count). The molecule has 2 atom stereocenters. The average Bonchev–Trinajstić information content (AvgIpc) is 3.56. The lowest BCUT2D eigenvalue weighted by molar-refractivity contribution is -0.157. The summed E-state index contributed by atoms with van der Waals surface area (Å²) in [4.78, 5) is 31.3. The summed E-state index contributed by atoms with van der Waals surface area (Å²) >= 11 is 0. The first-order valence-corrected chi connectivity index (χ1v) is 16.0. The Kier molecular flexibility index (Phi) is 8.72. The van der Waals surface area contributed by atoms with Gasteiger partial charge in [0.25, 0.3) is 0 Å². The molecule has 10 heteroatoms. The van der Waals surface area contributed by atoms with Gasteiger partial charge in [-0.1, -0.05) is 31.1 Å². The summed E-state index contributed by atoms with van der Waals surface area (Å²) in [7, 11) is 0. The molecule has 2 aliphatic rings. The number of hydrogen-bond donors (Lipinski definition) is 4. The van der Waals surface area contributed by atoms with Gasteiger partial charge in [-0.2, -0.15) is 0 Å². The number of aliphatic hydroxyl groups excluding tert-OH is 1. The minimum Gasteiger partial charge on any atom is -0.508 e. The van der Waals surface area contributed by atoms with Crippen molar-refractivity contribution in [3.8, 4) is 17.2 Å². The summed E-state index contributed by atoms with van der Waals surface area (Å²) in [5.74, 6) is -0.521. The van der Waals surface area contributed by atoms with Crippen molar-refractivity contribution in [3.05, 3.63) is 98.5 Å². The Morgan fingerprint density at radius 1 is 1.17 bits per heavy atom. The van der Waals surface area contributed by atoms with Crippen molar-refractivity contribution in [1.29, 1.82) is 0 Å². The van der Waals surface area contributed by atoms with Crippen LogP contribution in [0.2, 0.25) is 0 Å². The quantitative estimate of drug-likeness (QED) is 0.136. The van der Waals surface area contributed by atoms with Gasteiger partial charge in [-0.05, 0) is 81.3 Å². The average molecular weight is 641 g/mol. The molecule has 3 heterocycles. The predicted octanol–water partition coefficient (Wildman–Crippen LogP) is 5.81. The number of anilines is 1. The van der Waals surface area contributed by atoms with E-state index in [4.69, 9.17) is 19.6 Å². The lowest BCUT2D eigenvalue weighted by atomic mass is 9.80. The highest BCUT2D eigenvalue weighted by atomic mass is 16.6. The van der Waals surface area contributed by atoms with Crippen LogP contribution in [0.3, 0.4) is 0 Å². The van der Waals surface area contributed by atoms with E-state index in [1.807, 2.05) is 32.9 Å². The van der Waals surface area contributed by atoms with Crippen LogP contribution in [0.25, 0.3) is 11.0 Å². The second-order valence-electron chi connectivity index (χ2n) is 13.0. The molecule has 1 aliphatic heterocycles. The Labute approximate surface area is 272 Å². The van der Waals surface area contributed by atoms with Crippen molar-refractivity contribution < 1.29 is 34.0 Å². The summed E-state index contributed by atoms with van der Waals surface area (Å²) in [6.45, 7) is 4.94. The minimum atomic E-state index is -1.06. The van der Waals surface area contributed by atoms with Gasteiger partial charge in [0.05, 0.1) is 0 Å². The van der Waals surface area contributed by atoms with Gasteiger partial charge in [0.2, 0.25) is 0 Å². The van der Waals surface area contributed by atoms with Gasteiger partial charge in [0, 0.05) is 41.3 Å². The van der Waals surface area contributed by atoms with E-state index in [0.717, 1.165) is 42.9 Å². The van der Waals surface area contributed by atoms with Crippen molar-refractivity contribution in [3.63, 3.8) is 0 Å². The number of nitrogen functional groups attached to an aromatic ring is 1. The summed E-state index contributed by atoms with van der Waals surface area (Å²) < 4.78 is 19.0. The lowest BCUT2D eigenvalue weighted by Gasteiger charge is -2.41. The predicted molar refractivity (Wildman–Crippen MR) is 176 cm³/mol. The number of nitrogens with two attached hydrogens (primary N) is 1. The molecule has 0 amide bonds. The van der Waals surface area contributed by atoms with Crippen LogP contribution in [0, 0.1) is 5.92 Å². The Hall–Kier alpha value is -4.83. The second kappa shape index (κ2) is 12.8. The Morgan fingerprint density at radius 3 is 2.62 bits per heavy atom. The summed E-state index contributed by atoms with van der Waals surface area (Å²) in [5, 5.41) is 31.9. The number of phenolic OH excluding ortho intramolecular Hbond substituents is 2. The van der Waals surface area contributed by atoms with E-state index in [1.165, 1.54) is 0 Å². The van der Waals surface area contributed by atoms with Crippen LogP contribution in [0.4, 0.5) is 5.82 Å². The molecule has 2 aromatic heterocycles. The van der Waals surface area contributed by atoms with E-state index >= 15 is 0 Å². The van der Waals surface area contributed by atoms with Gasteiger partial charge < -0.3 is 34.9 Å². The molecule has 0 radical (unpaired) electrons. The van der Waals surface area contributed by atoms with Crippen LogP contribution < -0.4 is 15.9 Å². The van der Waals surface area contributed by atoms with Crippen molar-refractivity contribution in [2.24, 2.45) is 5.92 Å². The van der Waals surface area contributed by atoms with Gasteiger partial charge in [-0.25, -0.2) is 9.78 Å². The number of aliphatic hydroxyl groups is 1. The summed E-state index contributed by atoms with van der Waals surface area (Å²) in [5.41, 5.74) is 7.49. The highest BCUT2D eigenvalue weighted by molar-refractivity contribution is 5.92. The van der Waals surface area contributed by atoms with E-state index < -0.39 is 35.6 Å². The molecule has 0 saturated heterocycles. The molecule has 0 spiro atoms. The van der Waals surface area contributed by atoms with Crippen LogP contribution in [0.15, 0.2) is 69.5 Å². The van der Waals surface area contributed by atoms with Gasteiger partial charge in [0.15, 0.2) is 5.43 Å². The zero-order valence-corrected chi connectivity index (χ0v) is 26.8. The lowest BCUT2D eigenvalue weighted by Crippen LogP contribution is -2.49. The van der Waals surface area contributed by atoms with E-state index in [0.29, 0.717) is 23.1 Å². The van der Waals surface area contributed by atoms with Crippen molar-refractivity contribution in [2.45, 2.75) is 83.5 Å². The monoisotopic (exact) mass is 640 g/mol. The highest BCUT2D eigenvalue weighted by Crippen LogP contribution is 2.50. The fraction of sp³-hybridized carbons (Fsp3) is 0.378. The third kappa shape index (κ3) is 6.17.